The fourth-order valence-electron chi connectivity index (χ4n) is 1.56. The number of hydrogen-bond acceptors (Lipinski definition) is 3. The first-order valence-electron chi connectivity index (χ1n) is 4.77. The minimum Gasteiger partial charge on any atom is -0.496 e. The van der Waals surface area contributed by atoms with E-state index >= 15 is 0 Å². The first-order valence-corrected chi connectivity index (χ1v) is 5.56. The molecule has 0 heterocycles. The van der Waals surface area contributed by atoms with Crippen molar-refractivity contribution in [2.45, 2.75) is 13.0 Å². The van der Waals surface area contributed by atoms with Crippen LogP contribution in [0.5, 0.6) is 5.75 Å². The van der Waals surface area contributed by atoms with Crippen molar-refractivity contribution in [3.05, 3.63) is 27.7 Å². The molecule has 0 aliphatic carbocycles. The summed E-state index contributed by atoms with van der Waals surface area (Å²) in [6, 6.07) is 3.88. The average Bonchev–Trinajstić information content (AvgIpc) is 2.21. The number of aliphatic hydroxyl groups excluding tert-OH is 1. The Hall–Kier alpha value is -0.580. The van der Waals surface area contributed by atoms with E-state index in [1.165, 1.54) is 0 Å². The molecule has 84 valence electrons. The Morgan fingerprint density at radius 1 is 1.53 bits per heavy atom. The van der Waals surface area contributed by atoms with Gasteiger partial charge in [-0.1, -0.05) is 22.0 Å². The summed E-state index contributed by atoms with van der Waals surface area (Å²) in [5.74, 6) is 0.743. The zero-order valence-electron chi connectivity index (χ0n) is 9.17. The van der Waals surface area contributed by atoms with Gasteiger partial charge in [-0.15, -0.1) is 0 Å². The Balaban J connectivity index is 3.18. The number of methoxy groups -OCH3 is 1. The van der Waals surface area contributed by atoms with E-state index in [1.54, 1.807) is 14.2 Å². The zero-order chi connectivity index (χ0) is 11.4. The van der Waals surface area contributed by atoms with Crippen LogP contribution in [0.25, 0.3) is 0 Å². The smallest absolute Gasteiger partial charge is 0.128 e. The molecular formula is C11H16BrNO2. The Labute approximate surface area is 98.6 Å². The van der Waals surface area contributed by atoms with Gasteiger partial charge in [0.2, 0.25) is 0 Å². The predicted octanol–water partition coefficient (Wildman–Crippen LogP) is 2.02. The lowest BCUT2D eigenvalue weighted by Gasteiger charge is -2.18. The lowest BCUT2D eigenvalue weighted by Crippen LogP contribution is -2.18. The van der Waals surface area contributed by atoms with Gasteiger partial charge in [-0.3, -0.25) is 0 Å². The van der Waals surface area contributed by atoms with Gasteiger partial charge in [0.15, 0.2) is 0 Å². The number of benzene rings is 1. The van der Waals surface area contributed by atoms with Gasteiger partial charge in [0.1, 0.15) is 5.75 Å². The summed E-state index contributed by atoms with van der Waals surface area (Å²) in [4.78, 5) is 0. The molecule has 0 radical (unpaired) electrons. The molecule has 2 N–H and O–H groups in total. The van der Waals surface area contributed by atoms with E-state index in [-0.39, 0.29) is 0 Å². The van der Waals surface area contributed by atoms with E-state index in [0.717, 1.165) is 21.3 Å². The SMILES string of the molecule is CNCC(O)c1c(Br)ccc(C)c1OC. The quantitative estimate of drug-likeness (QED) is 0.882. The molecule has 1 rings (SSSR count). The van der Waals surface area contributed by atoms with E-state index in [1.807, 2.05) is 19.1 Å². The molecule has 4 heteroatoms. The van der Waals surface area contributed by atoms with Crippen molar-refractivity contribution in [2.75, 3.05) is 20.7 Å². The van der Waals surface area contributed by atoms with E-state index in [4.69, 9.17) is 4.74 Å². The van der Waals surface area contributed by atoms with Gasteiger partial charge < -0.3 is 15.2 Å². The van der Waals surface area contributed by atoms with Crippen LogP contribution < -0.4 is 10.1 Å². The number of rotatable bonds is 4. The van der Waals surface area contributed by atoms with Gasteiger partial charge in [0.25, 0.3) is 0 Å². The van der Waals surface area contributed by atoms with Crippen LogP contribution in [0.15, 0.2) is 16.6 Å². The second-order valence-corrected chi connectivity index (χ2v) is 4.24. The van der Waals surface area contributed by atoms with Crippen molar-refractivity contribution in [1.29, 1.82) is 0 Å². The molecule has 0 saturated heterocycles. The third kappa shape index (κ3) is 2.71. The van der Waals surface area contributed by atoms with Crippen LogP contribution >= 0.6 is 15.9 Å². The monoisotopic (exact) mass is 273 g/mol. The Morgan fingerprint density at radius 3 is 2.73 bits per heavy atom. The number of aryl methyl sites for hydroxylation is 1. The third-order valence-electron chi connectivity index (χ3n) is 2.27. The number of likely N-dealkylation sites (N-methyl/N-ethyl adjacent to an activating group) is 1. The highest BCUT2D eigenvalue weighted by Crippen LogP contribution is 2.34. The Bertz CT molecular complexity index is 342. The van der Waals surface area contributed by atoms with Gasteiger partial charge in [-0.2, -0.15) is 0 Å². The van der Waals surface area contributed by atoms with Crippen LogP contribution in [0.2, 0.25) is 0 Å². The molecule has 0 bridgehead atoms. The summed E-state index contributed by atoms with van der Waals surface area (Å²) < 4.78 is 6.17. The van der Waals surface area contributed by atoms with Crippen molar-refractivity contribution >= 4 is 15.9 Å². The van der Waals surface area contributed by atoms with Crippen molar-refractivity contribution in [3.8, 4) is 5.75 Å². The van der Waals surface area contributed by atoms with E-state index in [0.29, 0.717) is 6.54 Å². The van der Waals surface area contributed by atoms with E-state index < -0.39 is 6.10 Å². The molecule has 1 atom stereocenters. The van der Waals surface area contributed by atoms with Gasteiger partial charge in [-0.25, -0.2) is 0 Å². The highest BCUT2D eigenvalue weighted by molar-refractivity contribution is 9.10. The maximum atomic E-state index is 9.97. The number of nitrogens with one attached hydrogen (secondary N) is 1. The normalized spacial score (nSPS) is 12.6. The lowest BCUT2D eigenvalue weighted by atomic mass is 10.0. The molecule has 0 fully saturated rings. The first kappa shape index (κ1) is 12.5. The minimum absolute atomic E-state index is 0.498. The predicted molar refractivity (Wildman–Crippen MR) is 64.3 cm³/mol. The summed E-state index contributed by atoms with van der Waals surface area (Å²) in [5.41, 5.74) is 1.82. The molecule has 1 aromatic carbocycles. The molecule has 0 spiro atoms. The van der Waals surface area contributed by atoms with Crippen molar-refractivity contribution in [2.24, 2.45) is 0 Å². The van der Waals surface area contributed by atoms with Crippen LogP contribution in [0.1, 0.15) is 17.2 Å². The highest BCUT2D eigenvalue weighted by Gasteiger charge is 2.17. The number of aliphatic hydroxyl groups is 1. The van der Waals surface area contributed by atoms with Gasteiger partial charge >= 0.3 is 0 Å². The molecule has 0 amide bonds. The number of halogens is 1. The maximum absolute atomic E-state index is 9.97. The Morgan fingerprint density at radius 2 is 2.20 bits per heavy atom. The molecular weight excluding hydrogens is 258 g/mol. The van der Waals surface area contributed by atoms with Gasteiger partial charge in [0, 0.05) is 16.6 Å². The van der Waals surface area contributed by atoms with Crippen molar-refractivity contribution < 1.29 is 9.84 Å². The molecule has 3 nitrogen and oxygen atoms in total. The second kappa shape index (κ2) is 5.49. The van der Waals surface area contributed by atoms with Crippen LogP contribution in [0, 0.1) is 6.92 Å². The summed E-state index contributed by atoms with van der Waals surface area (Å²) in [7, 11) is 3.42. The maximum Gasteiger partial charge on any atom is 0.128 e. The van der Waals surface area contributed by atoms with Crippen LogP contribution in [-0.2, 0) is 0 Å². The molecule has 0 aromatic heterocycles. The topological polar surface area (TPSA) is 41.5 Å². The molecule has 0 aliphatic rings. The first-order chi connectivity index (χ1) is 7.11. The van der Waals surface area contributed by atoms with Gasteiger partial charge in [-0.05, 0) is 25.6 Å². The number of hydrogen-bond donors (Lipinski definition) is 2. The molecule has 15 heavy (non-hydrogen) atoms. The van der Waals surface area contributed by atoms with Crippen LogP contribution in [0.4, 0.5) is 0 Å². The standard InChI is InChI=1S/C11H16BrNO2/c1-7-4-5-8(12)10(11(7)15-3)9(14)6-13-2/h4-5,9,13-14H,6H2,1-3H3. The molecule has 0 aliphatic heterocycles. The van der Waals surface area contributed by atoms with E-state index in [2.05, 4.69) is 21.2 Å². The van der Waals surface area contributed by atoms with Gasteiger partial charge in [0.05, 0.1) is 13.2 Å². The summed E-state index contributed by atoms with van der Waals surface area (Å²) in [5, 5.41) is 12.9. The summed E-state index contributed by atoms with van der Waals surface area (Å²) >= 11 is 3.42. The summed E-state index contributed by atoms with van der Waals surface area (Å²) in [6.45, 7) is 2.46. The molecule has 1 aromatic rings. The Kier molecular flexibility index (Phi) is 4.57. The zero-order valence-corrected chi connectivity index (χ0v) is 10.8. The average molecular weight is 274 g/mol. The van der Waals surface area contributed by atoms with E-state index in [9.17, 15) is 5.11 Å². The van der Waals surface area contributed by atoms with Crippen LogP contribution in [0.3, 0.4) is 0 Å². The fourth-order valence-corrected chi connectivity index (χ4v) is 2.14. The van der Waals surface area contributed by atoms with Crippen LogP contribution in [-0.4, -0.2) is 25.8 Å². The number of ether oxygens (including phenoxy) is 1. The molecule has 1 unspecified atom stereocenters. The van der Waals surface area contributed by atoms with Crippen molar-refractivity contribution in [3.63, 3.8) is 0 Å². The minimum atomic E-state index is -0.570. The summed E-state index contributed by atoms with van der Waals surface area (Å²) in [6.07, 6.45) is -0.570. The third-order valence-corrected chi connectivity index (χ3v) is 2.97. The van der Waals surface area contributed by atoms with Crippen molar-refractivity contribution in [1.82, 2.24) is 5.32 Å². The molecule has 0 saturated carbocycles. The second-order valence-electron chi connectivity index (χ2n) is 3.38. The highest BCUT2D eigenvalue weighted by atomic mass is 79.9. The largest absolute Gasteiger partial charge is 0.496 e. The lowest BCUT2D eigenvalue weighted by molar-refractivity contribution is 0.172. The fraction of sp³-hybridized carbons (Fsp3) is 0.455.